The third-order valence-corrected chi connectivity index (χ3v) is 7.63. The highest BCUT2D eigenvalue weighted by Crippen LogP contribution is 2.30. The molecule has 32 heavy (non-hydrogen) atoms. The molecule has 0 amide bonds. The molecule has 0 fully saturated rings. The first-order valence-electron chi connectivity index (χ1n) is 10.2. The Morgan fingerprint density at radius 2 is 1.81 bits per heavy atom. The van der Waals surface area contributed by atoms with Gasteiger partial charge in [-0.25, -0.2) is 13.2 Å². The third-order valence-electron chi connectivity index (χ3n) is 5.55. The number of rotatable bonds is 6. The summed E-state index contributed by atoms with van der Waals surface area (Å²) in [6.07, 6.45) is 2.55. The van der Waals surface area contributed by atoms with E-state index in [4.69, 9.17) is 4.74 Å². The smallest absolute Gasteiger partial charge is 0.341 e. The van der Waals surface area contributed by atoms with Crippen LogP contribution in [0.15, 0.2) is 41.8 Å². The number of ether oxygens (including phenoxy) is 1. The minimum absolute atomic E-state index is 0.331. The van der Waals surface area contributed by atoms with E-state index in [1.54, 1.807) is 24.3 Å². The number of esters is 1. The van der Waals surface area contributed by atoms with E-state index in [0.717, 1.165) is 22.0 Å². The molecule has 2 aromatic heterocycles. The van der Waals surface area contributed by atoms with E-state index < -0.39 is 16.0 Å². The Kier molecular flexibility index (Phi) is 5.96. The zero-order chi connectivity index (χ0) is 23.0. The monoisotopic (exact) mass is 472 g/mol. The molecule has 168 valence electrons. The van der Waals surface area contributed by atoms with Gasteiger partial charge < -0.3 is 9.30 Å². The van der Waals surface area contributed by atoms with Crippen LogP contribution in [0.5, 0.6) is 0 Å². The van der Waals surface area contributed by atoms with Crippen LogP contribution in [0.2, 0.25) is 0 Å². The number of Topliss-reactive ketones (excluding diaryl/α,β-unsaturated/α-hetero) is 1. The van der Waals surface area contributed by atoms with Crippen molar-refractivity contribution in [3.63, 3.8) is 0 Å². The van der Waals surface area contributed by atoms with Gasteiger partial charge in [0.15, 0.2) is 12.4 Å². The molecule has 0 unspecified atom stereocenters. The molecule has 3 heterocycles. The molecule has 1 aliphatic rings. The zero-order valence-electron chi connectivity index (χ0n) is 18.1. The fourth-order valence-electron chi connectivity index (χ4n) is 3.99. The summed E-state index contributed by atoms with van der Waals surface area (Å²) < 4.78 is 32.7. The highest BCUT2D eigenvalue weighted by Gasteiger charge is 2.25. The van der Waals surface area contributed by atoms with Crippen LogP contribution in [-0.4, -0.2) is 44.1 Å². The van der Waals surface area contributed by atoms with Crippen molar-refractivity contribution < 1.29 is 22.7 Å². The summed E-state index contributed by atoms with van der Waals surface area (Å²) in [7, 11) is -3.37. The van der Waals surface area contributed by atoms with Crippen molar-refractivity contribution in [3.8, 4) is 5.00 Å². The van der Waals surface area contributed by atoms with Crippen LogP contribution in [0.3, 0.4) is 0 Å². The van der Waals surface area contributed by atoms with Gasteiger partial charge in [0.05, 0.1) is 17.5 Å². The van der Waals surface area contributed by atoms with Gasteiger partial charge >= 0.3 is 5.97 Å². The van der Waals surface area contributed by atoms with E-state index in [2.05, 4.69) is 0 Å². The number of anilines is 1. The lowest BCUT2D eigenvalue weighted by Crippen LogP contribution is -2.34. The molecule has 0 aliphatic carbocycles. The van der Waals surface area contributed by atoms with Gasteiger partial charge in [0.1, 0.15) is 5.00 Å². The molecule has 3 aromatic rings. The fourth-order valence-corrected chi connectivity index (χ4v) is 5.99. The molecule has 9 heteroatoms. The number of hydrogen-bond donors (Lipinski definition) is 0. The van der Waals surface area contributed by atoms with Gasteiger partial charge in [-0.2, -0.15) is 0 Å². The lowest BCUT2D eigenvalue weighted by Gasteiger charge is -2.29. The fraction of sp³-hybridized carbons (Fsp3) is 0.304. The van der Waals surface area contributed by atoms with Gasteiger partial charge in [-0.1, -0.05) is 0 Å². The number of ketones is 1. The topological polar surface area (TPSA) is 85.7 Å². The summed E-state index contributed by atoms with van der Waals surface area (Å²) in [4.78, 5) is 25.4. The van der Waals surface area contributed by atoms with Crippen LogP contribution in [0.25, 0.3) is 5.00 Å². The predicted molar refractivity (Wildman–Crippen MR) is 125 cm³/mol. The van der Waals surface area contributed by atoms with Crippen molar-refractivity contribution in [2.24, 2.45) is 0 Å². The average Bonchev–Trinajstić information content (AvgIpc) is 3.36. The first kappa shape index (κ1) is 22.3. The van der Waals surface area contributed by atoms with Gasteiger partial charge in [-0.3, -0.25) is 9.10 Å². The number of nitrogens with zero attached hydrogens (tertiary/aromatic N) is 2. The molecule has 0 N–H and O–H groups in total. The van der Waals surface area contributed by atoms with Crippen LogP contribution in [-0.2, 0) is 21.2 Å². The Morgan fingerprint density at radius 3 is 2.50 bits per heavy atom. The van der Waals surface area contributed by atoms with Crippen LogP contribution >= 0.6 is 11.3 Å². The first-order valence-corrected chi connectivity index (χ1v) is 12.9. The Morgan fingerprint density at radius 1 is 1.09 bits per heavy atom. The van der Waals surface area contributed by atoms with Crippen LogP contribution in [0.1, 0.15) is 44.1 Å². The van der Waals surface area contributed by atoms with Crippen molar-refractivity contribution in [3.05, 3.63) is 69.9 Å². The quantitative estimate of drug-likeness (QED) is 0.401. The van der Waals surface area contributed by atoms with Crippen LogP contribution in [0.4, 0.5) is 5.69 Å². The molecular formula is C23H24N2O5S2. The number of carbonyl (C=O) groups excluding carboxylic acids is 2. The molecule has 4 rings (SSSR count). The Hall–Kier alpha value is -2.91. The molecule has 0 saturated heterocycles. The summed E-state index contributed by atoms with van der Waals surface area (Å²) >= 11 is 1.44. The summed E-state index contributed by atoms with van der Waals surface area (Å²) in [6, 6.07) is 10.6. The second-order valence-electron chi connectivity index (χ2n) is 7.87. The molecule has 1 aliphatic heterocycles. The Labute approximate surface area is 191 Å². The molecule has 0 saturated carbocycles. The molecule has 0 radical (unpaired) electrons. The van der Waals surface area contributed by atoms with Crippen molar-refractivity contribution in [2.75, 3.05) is 23.7 Å². The number of sulfonamides is 1. The predicted octanol–water partition coefficient (Wildman–Crippen LogP) is 3.91. The van der Waals surface area contributed by atoms with E-state index in [-0.39, 0.29) is 12.4 Å². The van der Waals surface area contributed by atoms with E-state index >= 15 is 0 Å². The highest BCUT2D eigenvalue weighted by molar-refractivity contribution is 7.92. The van der Waals surface area contributed by atoms with Gasteiger partial charge in [0.2, 0.25) is 10.0 Å². The van der Waals surface area contributed by atoms with Gasteiger partial charge in [0, 0.05) is 23.5 Å². The number of thiophene rings is 1. The highest BCUT2D eigenvalue weighted by atomic mass is 32.2. The van der Waals surface area contributed by atoms with Crippen LogP contribution < -0.4 is 4.31 Å². The lowest BCUT2D eigenvalue weighted by atomic mass is 9.99. The van der Waals surface area contributed by atoms with E-state index in [0.29, 0.717) is 36.2 Å². The molecule has 7 nitrogen and oxygen atoms in total. The summed E-state index contributed by atoms with van der Waals surface area (Å²) in [5, 5.41) is 2.58. The first-order chi connectivity index (χ1) is 15.2. The number of aryl methyl sites for hydroxylation is 3. The molecule has 0 bridgehead atoms. The summed E-state index contributed by atoms with van der Waals surface area (Å²) in [5.74, 6) is -0.883. The number of fused-ring (bicyclic) bond motifs is 1. The minimum atomic E-state index is -3.37. The maximum Gasteiger partial charge on any atom is 0.341 e. The van der Waals surface area contributed by atoms with Gasteiger partial charge in [-0.05, 0) is 74.0 Å². The SMILES string of the molecule is Cc1ccc(C)n1-c1sccc1C(=O)OCC(=O)c1ccc2c(c1)CCCN2S(C)(=O)=O. The second kappa shape index (κ2) is 8.55. The number of carbonyl (C=O) groups is 2. The zero-order valence-corrected chi connectivity index (χ0v) is 19.8. The maximum atomic E-state index is 12.7. The van der Waals surface area contributed by atoms with E-state index in [1.165, 1.54) is 21.9 Å². The van der Waals surface area contributed by atoms with Crippen molar-refractivity contribution in [2.45, 2.75) is 26.7 Å². The summed E-state index contributed by atoms with van der Waals surface area (Å²) in [6.45, 7) is 3.98. The molecular weight excluding hydrogens is 448 g/mol. The van der Waals surface area contributed by atoms with E-state index in [9.17, 15) is 18.0 Å². The van der Waals surface area contributed by atoms with E-state index in [1.807, 2.05) is 35.9 Å². The average molecular weight is 473 g/mol. The summed E-state index contributed by atoms with van der Waals surface area (Å²) in [5.41, 5.74) is 4.23. The third kappa shape index (κ3) is 4.22. The van der Waals surface area contributed by atoms with Gasteiger partial charge in [0.25, 0.3) is 0 Å². The van der Waals surface area contributed by atoms with Crippen molar-refractivity contribution >= 4 is 38.8 Å². The number of aromatic nitrogens is 1. The molecule has 1 aromatic carbocycles. The maximum absolute atomic E-state index is 12.7. The van der Waals surface area contributed by atoms with Crippen molar-refractivity contribution in [1.29, 1.82) is 0 Å². The minimum Gasteiger partial charge on any atom is -0.454 e. The second-order valence-corrected chi connectivity index (χ2v) is 10.7. The van der Waals surface area contributed by atoms with Gasteiger partial charge in [-0.15, -0.1) is 11.3 Å². The van der Waals surface area contributed by atoms with Crippen LogP contribution in [0, 0.1) is 13.8 Å². The standard InChI is InChI=1S/C23H24N2O5S2/c1-15-6-7-16(2)25(15)22-19(10-12-31-22)23(27)30-14-21(26)18-8-9-20-17(13-18)5-4-11-24(20)32(3,28)29/h6-10,12-13H,4-5,11,14H2,1-3H3. The number of benzene rings is 1. The normalized spacial score (nSPS) is 13.7. The number of hydrogen-bond acceptors (Lipinski definition) is 6. The molecule has 0 spiro atoms. The largest absolute Gasteiger partial charge is 0.454 e. The Bertz CT molecular complexity index is 1280. The molecule has 0 atom stereocenters. The Balaban J connectivity index is 1.49. The van der Waals surface area contributed by atoms with Crippen molar-refractivity contribution in [1.82, 2.24) is 4.57 Å². The lowest BCUT2D eigenvalue weighted by molar-refractivity contribution is 0.0475.